The molecule has 0 bridgehead atoms. The lowest BCUT2D eigenvalue weighted by Gasteiger charge is -2.30. The summed E-state index contributed by atoms with van der Waals surface area (Å²) < 4.78 is 6.01. The van der Waals surface area contributed by atoms with Crippen LogP contribution in [0.15, 0.2) is 30.3 Å². The highest BCUT2D eigenvalue weighted by molar-refractivity contribution is 5.82. The van der Waals surface area contributed by atoms with E-state index in [-0.39, 0.29) is 18.6 Å². The molecule has 1 amide bonds. The molecule has 1 aliphatic carbocycles. The van der Waals surface area contributed by atoms with Gasteiger partial charge >= 0.3 is 5.97 Å². The van der Waals surface area contributed by atoms with E-state index in [2.05, 4.69) is 12.2 Å². The van der Waals surface area contributed by atoms with Crippen LogP contribution < -0.4 is 5.32 Å². The Kier molecular flexibility index (Phi) is 7.44. The van der Waals surface area contributed by atoms with E-state index in [0.29, 0.717) is 17.9 Å². The fourth-order valence-electron chi connectivity index (χ4n) is 3.43. The van der Waals surface area contributed by atoms with Gasteiger partial charge < -0.3 is 15.2 Å². The summed E-state index contributed by atoms with van der Waals surface area (Å²) >= 11 is 0. The van der Waals surface area contributed by atoms with Crippen LogP contribution in [-0.2, 0) is 14.3 Å². The Balaban J connectivity index is 1.90. The summed E-state index contributed by atoms with van der Waals surface area (Å²) in [6.07, 6.45) is 4.55. The fraction of sp³-hybridized carbons (Fsp3) is 0.600. The van der Waals surface area contributed by atoms with Gasteiger partial charge in [0.1, 0.15) is 6.10 Å². The van der Waals surface area contributed by atoms with Gasteiger partial charge in [0.2, 0.25) is 5.91 Å². The second-order valence-electron chi connectivity index (χ2n) is 6.97. The van der Waals surface area contributed by atoms with Crippen molar-refractivity contribution in [3.63, 3.8) is 0 Å². The molecule has 0 aromatic heterocycles. The Bertz CT molecular complexity index is 560. The summed E-state index contributed by atoms with van der Waals surface area (Å²) in [6.45, 7) is 4.20. The minimum atomic E-state index is -0.943. The molecule has 0 heterocycles. The minimum Gasteiger partial charge on any atom is -0.481 e. The average Bonchev–Trinajstić information content (AvgIpc) is 2.60. The smallest absolute Gasteiger partial charge is 0.312 e. The molecule has 2 N–H and O–H groups in total. The van der Waals surface area contributed by atoms with Crippen LogP contribution in [0.1, 0.15) is 57.4 Å². The molecule has 4 unspecified atom stereocenters. The van der Waals surface area contributed by atoms with Crippen LogP contribution in [0.25, 0.3) is 0 Å². The molecular weight excluding hydrogens is 318 g/mol. The van der Waals surface area contributed by atoms with E-state index >= 15 is 0 Å². The van der Waals surface area contributed by atoms with Crippen molar-refractivity contribution >= 4 is 11.9 Å². The Labute approximate surface area is 149 Å². The third-order valence-corrected chi connectivity index (χ3v) is 4.89. The van der Waals surface area contributed by atoms with Crippen molar-refractivity contribution in [1.82, 2.24) is 5.32 Å². The van der Waals surface area contributed by atoms with Crippen LogP contribution in [0.5, 0.6) is 0 Å². The molecule has 1 saturated carbocycles. The van der Waals surface area contributed by atoms with Gasteiger partial charge in [-0.3, -0.25) is 9.59 Å². The van der Waals surface area contributed by atoms with Crippen LogP contribution >= 0.6 is 0 Å². The predicted molar refractivity (Wildman–Crippen MR) is 96.4 cm³/mol. The Morgan fingerprint density at radius 2 is 2.00 bits per heavy atom. The van der Waals surface area contributed by atoms with E-state index in [9.17, 15) is 14.7 Å². The van der Waals surface area contributed by atoms with Gasteiger partial charge in [-0.15, -0.1) is 0 Å². The van der Waals surface area contributed by atoms with Gasteiger partial charge in [-0.1, -0.05) is 57.0 Å². The molecule has 1 fully saturated rings. The van der Waals surface area contributed by atoms with Crippen LogP contribution in [0.4, 0.5) is 0 Å². The quantitative estimate of drug-likeness (QED) is 0.756. The van der Waals surface area contributed by atoms with Gasteiger partial charge in [0.05, 0.1) is 12.0 Å². The number of benzene rings is 1. The van der Waals surface area contributed by atoms with Crippen molar-refractivity contribution in [2.24, 2.45) is 5.92 Å². The molecule has 138 valence electrons. The second-order valence-corrected chi connectivity index (χ2v) is 6.97. The van der Waals surface area contributed by atoms with Crippen molar-refractivity contribution in [1.29, 1.82) is 0 Å². The normalized spacial score (nSPS) is 22.8. The molecule has 1 aromatic carbocycles. The molecule has 1 aliphatic rings. The van der Waals surface area contributed by atoms with Gasteiger partial charge in [-0.25, -0.2) is 0 Å². The van der Waals surface area contributed by atoms with E-state index in [1.165, 1.54) is 6.42 Å². The number of aliphatic carboxylic acids is 1. The maximum absolute atomic E-state index is 12.5. The van der Waals surface area contributed by atoms with E-state index in [1.807, 2.05) is 13.0 Å². The van der Waals surface area contributed by atoms with E-state index in [1.54, 1.807) is 24.3 Å². The monoisotopic (exact) mass is 347 g/mol. The molecule has 0 aliphatic heterocycles. The average molecular weight is 347 g/mol. The van der Waals surface area contributed by atoms with Crippen molar-refractivity contribution in [2.75, 3.05) is 6.54 Å². The molecule has 0 saturated heterocycles. The third kappa shape index (κ3) is 5.85. The van der Waals surface area contributed by atoms with Crippen molar-refractivity contribution in [3.05, 3.63) is 35.9 Å². The second kappa shape index (κ2) is 9.56. The van der Waals surface area contributed by atoms with Crippen molar-refractivity contribution < 1.29 is 19.4 Å². The number of rotatable bonds is 8. The number of hydrogen-bond donors (Lipinski definition) is 2. The van der Waals surface area contributed by atoms with Crippen LogP contribution in [0.2, 0.25) is 0 Å². The maximum Gasteiger partial charge on any atom is 0.312 e. The molecule has 5 nitrogen and oxygen atoms in total. The first-order valence-electron chi connectivity index (χ1n) is 9.22. The largest absolute Gasteiger partial charge is 0.481 e. The molecule has 4 atom stereocenters. The highest BCUT2D eigenvalue weighted by Gasteiger charge is 2.27. The van der Waals surface area contributed by atoms with E-state index in [4.69, 9.17) is 4.74 Å². The van der Waals surface area contributed by atoms with Crippen LogP contribution in [-0.4, -0.2) is 35.7 Å². The Hall–Kier alpha value is -1.88. The number of amides is 1. The zero-order valence-electron chi connectivity index (χ0n) is 15.1. The molecule has 1 aromatic rings. The molecule has 5 heteroatoms. The summed E-state index contributed by atoms with van der Waals surface area (Å²) in [5.74, 6) is -1.28. The lowest BCUT2D eigenvalue weighted by molar-refractivity contribution is -0.141. The van der Waals surface area contributed by atoms with Crippen LogP contribution in [0, 0.1) is 5.92 Å². The predicted octanol–water partition coefficient (Wildman–Crippen LogP) is 3.34. The summed E-state index contributed by atoms with van der Waals surface area (Å²) in [5, 5.41) is 12.2. The summed E-state index contributed by atoms with van der Waals surface area (Å²) in [5.41, 5.74) is 0.686. The minimum absolute atomic E-state index is 0.0686. The molecule has 25 heavy (non-hydrogen) atoms. The molecule has 0 spiro atoms. The highest BCUT2D eigenvalue weighted by atomic mass is 16.5. The zero-order valence-corrected chi connectivity index (χ0v) is 15.1. The lowest BCUT2D eigenvalue weighted by atomic mass is 9.88. The number of carbonyl (C=O) groups excluding carboxylic acids is 1. The Morgan fingerprint density at radius 3 is 2.60 bits per heavy atom. The zero-order chi connectivity index (χ0) is 18.2. The van der Waals surface area contributed by atoms with Gasteiger partial charge in [-0.2, -0.15) is 0 Å². The number of nitrogens with one attached hydrogen (secondary N) is 1. The van der Waals surface area contributed by atoms with Crippen LogP contribution in [0.3, 0.4) is 0 Å². The number of hydrogen-bond acceptors (Lipinski definition) is 3. The topological polar surface area (TPSA) is 75.6 Å². The number of carboxylic acids is 1. The number of carbonyl (C=O) groups is 2. The van der Waals surface area contributed by atoms with Gasteiger partial charge in [0, 0.05) is 6.54 Å². The van der Waals surface area contributed by atoms with Crippen molar-refractivity contribution in [3.8, 4) is 0 Å². The SMILES string of the molecule is CCC(OC1CCCC(C)C1)C(=O)NCC(C(=O)O)c1ccccc1. The first-order chi connectivity index (χ1) is 12.0. The highest BCUT2D eigenvalue weighted by Crippen LogP contribution is 2.27. The molecule has 0 radical (unpaired) electrons. The first kappa shape index (κ1) is 19.4. The van der Waals surface area contributed by atoms with Gasteiger partial charge in [-0.05, 0) is 30.7 Å². The standard InChI is InChI=1S/C20H29NO4/c1-3-18(25-16-11-7-8-14(2)12-16)19(22)21-13-17(20(23)24)15-9-5-4-6-10-15/h4-6,9-10,14,16-18H,3,7-8,11-13H2,1-2H3,(H,21,22)(H,23,24). The fourth-order valence-corrected chi connectivity index (χ4v) is 3.43. The summed E-state index contributed by atoms with van der Waals surface area (Å²) in [4.78, 5) is 24.0. The lowest BCUT2D eigenvalue weighted by Crippen LogP contribution is -2.41. The molecule has 2 rings (SSSR count). The maximum atomic E-state index is 12.5. The third-order valence-electron chi connectivity index (χ3n) is 4.89. The van der Waals surface area contributed by atoms with Gasteiger partial charge in [0.25, 0.3) is 0 Å². The number of ether oxygens (including phenoxy) is 1. The van der Waals surface area contributed by atoms with Gasteiger partial charge in [0.15, 0.2) is 0 Å². The van der Waals surface area contributed by atoms with E-state index in [0.717, 1.165) is 19.3 Å². The first-order valence-corrected chi connectivity index (χ1v) is 9.22. The summed E-state index contributed by atoms with van der Waals surface area (Å²) in [6, 6.07) is 8.97. The summed E-state index contributed by atoms with van der Waals surface area (Å²) in [7, 11) is 0. The number of carboxylic acid groups (broad SMARTS) is 1. The van der Waals surface area contributed by atoms with E-state index < -0.39 is 18.0 Å². The molecular formula is C20H29NO4. The van der Waals surface area contributed by atoms with Crippen molar-refractivity contribution in [2.45, 2.75) is 64.1 Å². The Morgan fingerprint density at radius 1 is 1.28 bits per heavy atom.